The predicted octanol–water partition coefficient (Wildman–Crippen LogP) is 0.202. The van der Waals surface area contributed by atoms with Crippen molar-refractivity contribution in [3.8, 4) is 11.4 Å². The van der Waals surface area contributed by atoms with Crippen molar-refractivity contribution in [2.24, 2.45) is 4.99 Å². The van der Waals surface area contributed by atoms with Crippen LogP contribution in [0.1, 0.15) is 0 Å². The molecule has 0 unspecified atom stereocenters. The van der Waals surface area contributed by atoms with E-state index in [-0.39, 0.29) is 6.54 Å². The molecule has 0 spiro atoms. The Hall–Kier alpha value is -2.66. The largest absolute Gasteiger partial charge is 0.280 e. The van der Waals surface area contributed by atoms with E-state index in [1.807, 2.05) is 30.3 Å². The minimum absolute atomic E-state index is 0.227. The number of hydrogen-bond acceptors (Lipinski definition) is 5. The highest BCUT2D eigenvalue weighted by Crippen LogP contribution is 2.11. The van der Waals surface area contributed by atoms with E-state index in [0.29, 0.717) is 5.82 Å². The fourth-order valence-electron chi connectivity index (χ4n) is 1.22. The SMILES string of the molecule is O=C=NC(=O)Cn1nnc(-c2ccccc2)n1. The zero-order valence-electron chi connectivity index (χ0n) is 8.65. The molecule has 0 atom stereocenters. The summed E-state index contributed by atoms with van der Waals surface area (Å²) in [7, 11) is 0. The Labute approximate surface area is 95.8 Å². The maximum absolute atomic E-state index is 11.0. The van der Waals surface area contributed by atoms with E-state index in [0.717, 1.165) is 16.4 Å². The Morgan fingerprint density at radius 3 is 2.82 bits per heavy atom. The van der Waals surface area contributed by atoms with Crippen molar-refractivity contribution in [2.75, 3.05) is 0 Å². The minimum atomic E-state index is -0.669. The van der Waals surface area contributed by atoms with Gasteiger partial charge in [-0.1, -0.05) is 30.3 Å². The van der Waals surface area contributed by atoms with Crippen LogP contribution >= 0.6 is 0 Å². The van der Waals surface area contributed by atoms with Gasteiger partial charge in [-0.25, -0.2) is 4.79 Å². The van der Waals surface area contributed by atoms with Gasteiger partial charge in [0.2, 0.25) is 11.9 Å². The van der Waals surface area contributed by atoms with Crippen LogP contribution in [0.2, 0.25) is 0 Å². The zero-order valence-corrected chi connectivity index (χ0v) is 8.65. The first-order chi connectivity index (χ1) is 8.29. The Bertz CT molecular complexity index is 571. The number of tetrazole rings is 1. The molecule has 0 saturated heterocycles. The van der Waals surface area contributed by atoms with Gasteiger partial charge >= 0.3 is 0 Å². The second kappa shape index (κ2) is 4.91. The van der Waals surface area contributed by atoms with Gasteiger partial charge in [0.15, 0.2) is 0 Å². The highest BCUT2D eigenvalue weighted by Gasteiger charge is 2.07. The van der Waals surface area contributed by atoms with Gasteiger partial charge in [-0.2, -0.15) is 4.80 Å². The predicted molar refractivity (Wildman–Crippen MR) is 56.4 cm³/mol. The maximum Gasteiger partial charge on any atom is 0.280 e. The van der Waals surface area contributed by atoms with Crippen molar-refractivity contribution in [1.29, 1.82) is 0 Å². The van der Waals surface area contributed by atoms with E-state index >= 15 is 0 Å². The van der Waals surface area contributed by atoms with Crippen LogP contribution in [0.15, 0.2) is 35.3 Å². The second-order valence-electron chi connectivity index (χ2n) is 3.11. The molecule has 0 N–H and O–H groups in total. The molecule has 1 amide bonds. The second-order valence-corrected chi connectivity index (χ2v) is 3.11. The Kier molecular flexibility index (Phi) is 3.13. The third kappa shape index (κ3) is 2.67. The van der Waals surface area contributed by atoms with Gasteiger partial charge in [0.05, 0.1) is 0 Å². The quantitative estimate of drug-likeness (QED) is 0.554. The van der Waals surface area contributed by atoms with Gasteiger partial charge in [-0.3, -0.25) is 4.79 Å². The van der Waals surface area contributed by atoms with E-state index < -0.39 is 5.91 Å². The fourth-order valence-corrected chi connectivity index (χ4v) is 1.22. The third-order valence-electron chi connectivity index (χ3n) is 1.93. The van der Waals surface area contributed by atoms with Crippen molar-refractivity contribution in [3.63, 3.8) is 0 Å². The van der Waals surface area contributed by atoms with Gasteiger partial charge in [0.25, 0.3) is 5.91 Å². The number of amides is 1. The van der Waals surface area contributed by atoms with Crippen LogP contribution in [0.4, 0.5) is 0 Å². The average Bonchev–Trinajstić information content (AvgIpc) is 2.79. The topological polar surface area (TPSA) is 90.1 Å². The average molecular weight is 229 g/mol. The first kappa shape index (κ1) is 10.8. The molecule has 1 heterocycles. The number of carbonyl (C=O) groups is 1. The molecule has 2 rings (SSSR count). The van der Waals surface area contributed by atoms with Crippen LogP contribution in [0.5, 0.6) is 0 Å². The standard InChI is InChI=1S/C10H7N5O2/c16-7-11-9(17)6-15-13-10(12-14-15)8-4-2-1-3-5-8/h1-5H,6H2. The number of nitrogens with zero attached hydrogens (tertiary/aromatic N) is 5. The lowest BCUT2D eigenvalue weighted by Gasteiger charge is -1.92. The number of aromatic nitrogens is 4. The van der Waals surface area contributed by atoms with Crippen molar-refractivity contribution in [3.05, 3.63) is 30.3 Å². The summed E-state index contributed by atoms with van der Waals surface area (Å²) in [5.74, 6) is -0.259. The normalized spacial score (nSPS) is 9.65. The molecule has 7 nitrogen and oxygen atoms in total. The molecule has 0 bridgehead atoms. The van der Waals surface area contributed by atoms with Crippen molar-refractivity contribution < 1.29 is 9.59 Å². The summed E-state index contributed by atoms with van der Waals surface area (Å²) in [5, 5.41) is 11.5. The molecule has 2 aromatic rings. The van der Waals surface area contributed by atoms with Crippen molar-refractivity contribution >= 4 is 12.0 Å². The summed E-state index contributed by atoms with van der Waals surface area (Å²) in [6.45, 7) is -0.227. The number of benzene rings is 1. The zero-order chi connectivity index (χ0) is 12.1. The van der Waals surface area contributed by atoms with Crippen LogP contribution in [-0.4, -0.2) is 32.2 Å². The minimum Gasteiger partial charge on any atom is -0.270 e. The van der Waals surface area contributed by atoms with Crippen LogP contribution in [-0.2, 0) is 16.1 Å². The molecule has 0 aliphatic carbocycles. The Morgan fingerprint density at radius 1 is 1.35 bits per heavy atom. The summed E-state index contributed by atoms with van der Waals surface area (Å²) >= 11 is 0. The molecule has 0 aliphatic rings. The first-order valence-corrected chi connectivity index (χ1v) is 4.73. The molecule has 1 aromatic heterocycles. The van der Waals surface area contributed by atoms with Gasteiger partial charge in [0.1, 0.15) is 6.54 Å². The van der Waals surface area contributed by atoms with Crippen LogP contribution in [0.3, 0.4) is 0 Å². The fraction of sp³-hybridized carbons (Fsp3) is 0.100. The number of hydrogen-bond donors (Lipinski definition) is 0. The third-order valence-corrected chi connectivity index (χ3v) is 1.93. The summed E-state index contributed by atoms with van der Waals surface area (Å²) < 4.78 is 0. The highest BCUT2D eigenvalue weighted by molar-refractivity contribution is 5.81. The lowest BCUT2D eigenvalue weighted by molar-refractivity contribution is -0.118. The van der Waals surface area contributed by atoms with Gasteiger partial charge in [-0.05, 0) is 5.21 Å². The molecule has 17 heavy (non-hydrogen) atoms. The summed E-state index contributed by atoms with van der Waals surface area (Å²) in [5.41, 5.74) is 0.796. The molecule has 0 saturated carbocycles. The molecule has 7 heteroatoms. The smallest absolute Gasteiger partial charge is 0.270 e. The van der Waals surface area contributed by atoms with E-state index in [4.69, 9.17) is 0 Å². The Balaban J connectivity index is 2.17. The van der Waals surface area contributed by atoms with Crippen LogP contribution < -0.4 is 0 Å². The molecular formula is C10H7N5O2. The highest BCUT2D eigenvalue weighted by atomic mass is 16.2. The maximum atomic E-state index is 11.0. The first-order valence-electron chi connectivity index (χ1n) is 4.73. The molecule has 0 fully saturated rings. The van der Waals surface area contributed by atoms with Crippen LogP contribution in [0, 0.1) is 0 Å². The molecule has 0 aliphatic heterocycles. The monoisotopic (exact) mass is 229 g/mol. The Morgan fingerprint density at radius 2 is 2.12 bits per heavy atom. The number of isocyanates is 1. The summed E-state index contributed by atoms with van der Waals surface area (Å²) in [6.07, 6.45) is 1.16. The van der Waals surface area contributed by atoms with E-state index in [1.165, 1.54) is 0 Å². The molecule has 84 valence electrons. The van der Waals surface area contributed by atoms with Crippen LogP contribution in [0.25, 0.3) is 11.4 Å². The lowest BCUT2D eigenvalue weighted by Crippen LogP contribution is -2.10. The van der Waals surface area contributed by atoms with Crippen molar-refractivity contribution in [2.45, 2.75) is 6.54 Å². The van der Waals surface area contributed by atoms with Gasteiger partial charge in [-0.15, -0.1) is 15.2 Å². The van der Waals surface area contributed by atoms with E-state index in [2.05, 4.69) is 20.4 Å². The molecular weight excluding hydrogens is 222 g/mol. The van der Waals surface area contributed by atoms with E-state index in [9.17, 15) is 9.59 Å². The number of carbonyl (C=O) groups excluding carboxylic acids is 2. The van der Waals surface area contributed by atoms with Gasteiger partial charge < -0.3 is 0 Å². The van der Waals surface area contributed by atoms with Crippen molar-refractivity contribution in [1.82, 2.24) is 20.2 Å². The number of rotatable bonds is 3. The molecule has 0 radical (unpaired) electrons. The summed E-state index contributed by atoms with van der Waals surface area (Å²) in [6, 6.07) is 9.21. The van der Waals surface area contributed by atoms with Gasteiger partial charge in [0, 0.05) is 5.56 Å². The van der Waals surface area contributed by atoms with E-state index in [1.54, 1.807) is 0 Å². The lowest BCUT2D eigenvalue weighted by atomic mass is 10.2. The number of aliphatic imine (C=N–C) groups is 1. The summed E-state index contributed by atoms with van der Waals surface area (Å²) in [4.78, 5) is 24.9. The molecule has 1 aromatic carbocycles.